The Labute approximate surface area is 291 Å². The van der Waals surface area contributed by atoms with Crippen LogP contribution in [0.2, 0.25) is 0 Å². The van der Waals surface area contributed by atoms with Crippen LogP contribution >= 0.6 is 23.3 Å². The number of carboxylic acid groups (broad SMARTS) is 1. The number of likely N-dealkylation sites (tertiary alicyclic amines) is 2. The van der Waals surface area contributed by atoms with Crippen molar-refractivity contribution >= 4 is 58.2 Å². The van der Waals surface area contributed by atoms with E-state index in [-0.39, 0.29) is 64.6 Å². The van der Waals surface area contributed by atoms with Crippen molar-refractivity contribution in [3.8, 4) is 0 Å². The summed E-state index contributed by atoms with van der Waals surface area (Å²) in [6.07, 6.45) is 1.66. The molecule has 4 aliphatic rings. The van der Waals surface area contributed by atoms with Crippen molar-refractivity contribution in [2.75, 3.05) is 31.1 Å². The Hall–Kier alpha value is -5.05. The van der Waals surface area contributed by atoms with Crippen molar-refractivity contribution in [2.45, 2.75) is 69.1 Å². The lowest BCUT2D eigenvalue weighted by atomic mass is 9.92. The lowest BCUT2D eigenvalue weighted by molar-refractivity contribution is -0.150. The number of nitrogens with zero attached hydrogens (tertiary/aromatic N) is 6. The number of ether oxygens (including phenoxy) is 1. The van der Waals surface area contributed by atoms with Gasteiger partial charge in [0.15, 0.2) is 29.1 Å². The van der Waals surface area contributed by atoms with E-state index in [2.05, 4.69) is 19.9 Å². The Morgan fingerprint density at radius 3 is 2.64 bits per heavy atom. The molecule has 0 saturated carbocycles. The van der Waals surface area contributed by atoms with Crippen LogP contribution in [-0.2, 0) is 35.9 Å². The number of allylic oxidation sites excluding steroid dienone is 1. The number of aliphatic carboxylic acids is 1. The van der Waals surface area contributed by atoms with Gasteiger partial charge in [-0.3, -0.25) is 19.3 Å². The third-order valence-electron chi connectivity index (χ3n) is 8.58. The number of carboxylic acids is 1. The molecule has 3 fully saturated rings. The predicted octanol–water partition coefficient (Wildman–Crippen LogP) is 1.08. The molecule has 3 saturated heterocycles. The molecule has 6 heterocycles. The van der Waals surface area contributed by atoms with Crippen LogP contribution in [-0.4, -0.2) is 102 Å². The van der Waals surface area contributed by atoms with Gasteiger partial charge in [-0.25, -0.2) is 19.4 Å². The number of carbonyl (C=O) groups is 5. The van der Waals surface area contributed by atoms with E-state index in [4.69, 9.17) is 19.3 Å². The van der Waals surface area contributed by atoms with Crippen molar-refractivity contribution in [1.82, 2.24) is 29.4 Å². The van der Waals surface area contributed by atoms with Crippen LogP contribution in [0.25, 0.3) is 0 Å². The highest BCUT2D eigenvalue weighted by molar-refractivity contribution is 8.00. The predicted molar refractivity (Wildman–Crippen MR) is 173 cm³/mol. The van der Waals surface area contributed by atoms with E-state index < -0.39 is 52.6 Å². The number of thioether (sulfide) groups is 1. The fraction of sp³-hybridized carbons (Fsp3) is 0.517. The van der Waals surface area contributed by atoms with E-state index in [1.807, 2.05) is 20.8 Å². The smallest absolute Gasteiger partial charge is 0.477 e. The molecule has 4 atom stereocenters. The van der Waals surface area contributed by atoms with Crippen molar-refractivity contribution in [2.24, 2.45) is 5.18 Å². The molecule has 21 heteroatoms. The Balaban J connectivity index is 1.08. The van der Waals surface area contributed by atoms with Gasteiger partial charge < -0.3 is 39.5 Å². The van der Waals surface area contributed by atoms with E-state index >= 15 is 0 Å². The molecular formula is C29H32N8O11S2. The topological polar surface area (TPSA) is 261 Å². The molecular weight excluding hydrogens is 700 g/mol. The third-order valence-corrected chi connectivity index (χ3v) is 10.4. The molecule has 19 nitrogen and oxygen atoms in total. The summed E-state index contributed by atoms with van der Waals surface area (Å²) in [7, 11) is 0. The Kier molecular flexibility index (Phi) is 9.29. The number of amides is 4. The van der Waals surface area contributed by atoms with Crippen LogP contribution in [0.1, 0.15) is 57.0 Å². The van der Waals surface area contributed by atoms with Gasteiger partial charge in [0, 0.05) is 47.9 Å². The molecule has 50 heavy (non-hydrogen) atoms. The number of rotatable bonds is 9. The summed E-state index contributed by atoms with van der Waals surface area (Å²) in [5, 5.41) is 14.5. The first-order valence-corrected chi connectivity index (χ1v) is 17.2. The first-order valence-electron chi connectivity index (χ1n) is 15.4. The summed E-state index contributed by atoms with van der Waals surface area (Å²) in [5.74, 6) is -3.90. The van der Waals surface area contributed by atoms with Crippen molar-refractivity contribution in [1.29, 1.82) is 0 Å². The third kappa shape index (κ3) is 6.49. The Bertz CT molecular complexity index is 1890. The molecule has 0 aliphatic carbocycles. The van der Waals surface area contributed by atoms with Crippen LogP contribution in [0.4, 0.5) is 9.93 Å². The average molecular weight is 733 g/mol. The molecule has 0 radical (unpaired) electrons. The molecule has 4 N–H and O–H groups in total. The van der Waals surface area contributed by atoms with Crippen molar-refractivity contribution in [3.05, 3.63) is 55.8 Å². The number of aromatic nitrogens is 2. The molecule has 0 spiro atoms. The monoisotopic (exact) mass is 732 g/mol. The van der Waals surface area contributed by atoms with E-state index in [1.165, 1.54) is 22.7 Å². The molecule has 2 aromatic heterocycles. The van der Waals surface area contributed by atoms with Gasteiger partial charge >= 0.3 is 17.9 Å². The number of hydrogen-bond donors (Lipinski definition) is 3. The standard InChI is InChI=1S/C29H32N8O11S2/c1-29(2,3)19-15(47-28(44)48-19)10-46-27(43)35-6-5-14(9-35)36-7-4-12(22(36)39)8-13-11-49-24-17(23(40)37(24)18(13)25(41)42)31-21(38)16(33-45)20-32-26(30)50-34-20/h8,14,16-17,24H,4-7,9-11H2,1-3H3,(H,31,38)(H,41,42)(H2,30,32,34)/t14-,16?,17-,24-/m1/s1. The van der Waals surface area contributed by atoms with Gasteiger partial charge in [-0.05, 0) is 29.7 Å². The minimum atomic E-state index is -1.64. The molecule has 0 bridgehead atoms. The number of anilines is 1. The van der Waals surface area contributed by atoms with Crippen LogP contribution in [0.5, 0.6) is 0 Å². The second kappa shape index (κ2) is 13.3. The van der Waals surface area contributed by atoms with Crippen molar-refractivity contribution < 1.29 is 42.7 Å². The molecule has 4 aliphatic heterocycles. The van der Waals surface area contributed by atoms with Gasteiger partial charge in [-0.2, -0.15) is 4.37 Å². The number of nitroso groups, excluding NO2 is 1. The summed E-state index contributed by atoms with van der Waals surface area (Å²) in [6, 6.07) is -3.08. The van der Waals surface area contributed by atoms with E-state index in [1.54, 1.807) is 4.90 Å². The maximum absolute atomic E-state index is 13.5. The highest BCUT2D eigenvalue weighted by atomic mass is 32.2. The quantitative estimate of drug-likeness (QED) is 0.185. The Morgan fingerprint density at radius 1 is 1.22 bits per heavy atom. The molecule has 1 unspecified atom stereocenters. The maximum Gasteiger partial charge on any atom is 0.519 e. The number of β-lactam (4-membered cyclic amide) rings is 1. The lowest BCUT2D eigenvalue weighted by Crippen LogP contribution is -2.70. The van der Waals surface area contributed by atoms with E-state index in [0.717, 1.165) is 16.4 Å². The van der Waals surface area contributed by atoms with Gasteiger partial charge in [0.25, 0.3) is 11.8 Å². The fourth-order valence-corrected chi connectivity index (χ4v) is 8.01. The summed E-state index contributed by atoms with van der Waals surface area (Å²) < 4.78 is 19.4. The second-order valence-electron chi connectivity index (χ2n) is 12.9. The maximum atomic E-state index is 13.5. The van der Waals surface area contributed by atoms with Crippen LogP contribution < -0.4 is 16.9 Å². The van der Waals surface area contributed by atoms with Crippen LogP contribution in [0.15, 0.2) is 41.7 Å². The second-order valence-corrected chi connectivity index (χ2v) is 14.8. The zero-order valence-corrected chi connectivity index (χ0v) is 28.6. The van der Waals surface area contributed by atoms with Gasteiger partial charge in [0.2, 0.25) is 11.9 Å². The Morgan fingerprint density at radius 2 is 1.98 bits per heavy atom. The highest BCUT2D eigenvalue weighted by Crippen LogP contribution is 2.42. The van der Waals surface area contributed by atoms with Gasteiger partial charge in [0.05, 0.1) is 6.04 Å². The zero-order chi connectivity index (χ0) is 36.1. The largest absolute Gasteiger partial charge is 0.519 e. The number of carbonyl (C=O) groups excluding carboxylic acids is 4. The minimum absolute atomic E-state index is 0.0252. The molecule has 2 aromatic rings. The first kappa shape index (κ1) is 34.8. The van der Waals surface area contributed by atoms with E-state index in [9.17, 15) is 38.8 Å². The average Bonchev–Trinajstić information content (AvgIpc) is 3.86. The van der Waals surface area contributed by atoms with Crippen LogP contribution in [0.3, 0.4) is 0 Å². The zero-order valence-electron chi connectivity index (χ0n) is 26.9. The number of fused-ring (bicyclic) bond motifs is 1. The minimum Gasteiger partial charge on any atom is -0.477 e. The van der Waals surface area contributed by atoms with Crippen LogP contribution in [0, 0.1) is 4.91 Å². The highest BCUT2D eigenvalue weighted by Gasteiger charge is 2.54. The summed E-state index contributed by atoms with van der Waals surface area (Å²) in [5.41, 5.74) is 5.29. The number of nitrogens with two attached hydrogens (primary N) is 1. The lowest BCUT2D eigenvalue weighted by Gasteiger charge is -2.49. The molecule has 266 valence electrons. The molecule has 4 amide bonds. The van der Waals surface area contributed by atoms with Gasteiger partial charge in [-0.15, -0.1) is 16.7 Å². The summed E-state index contributed by atoms with van der Waals surface area (Å²) >= 11 is 1.96. The van der Waals surface area contributed by atoms with Gasteiger partial charge in [0.1, 0.15) is 17.1 Å². The van der Waals surface area contributed by atoms with E-state index in [0.29, 0.717) is 31.5 Å². The molecule has 6 rings (SSSR count). The fourth-order valence-electron chi connectivity index (χ4n) is 6.24. The SMILES string of the molecule is CC(C)(C)c1oc(=O)oc1COC(=O)N1CC[C@@H](N2CCC(=CC3=C(C(=O)O)N4C(=O)[C@@H](NC(=O)C(N=O)c5nsc(N)n5)[C@H]4SC3)C2=O)C1. The number of nitrogen functional groups attached to an aromatic ring is 1. The number of hydrogen-bond acceptors (Lipinski definition) is 16. The number of nitrogens with one attached hydrogen (secondary N) is 1. The summed E-state index contributed by atoms with van der Waals surface area (Å²) in [4.78, 5) is 95.5. The first-order chi connectivity index (χ1) is 23.7. The molecule has 0 aromatic carbocycles. The van der Waals surface area contributed by atoms with Crippen molar-refractivity contribution in [3.63, 3.8) is 0 Å². The normalized spacial score (nSPS) is 23.6. The summed E-state index contributed by atoms with van der Waals surface area (Å²) in [6.45, 7) is 6.06. The van der Waals surface area contributed by atoms with Gasteiger partial charge in [-0.1, -0.05) is 20.8 Å².